The molecule has 0 saturated carbocycles. The molecule has 0 N–H and O–H groups in total. The summed E-state index contributed by atoms with van der Waals surface area (Å²) in [5.41, 5.74) is 10.1. The minimum absolute atomic E-state index is 0.0111. The number of benzene rings is 4. The monoisotopic (exact) mass is 700 g/mol. The zero-order valence-corrected chi connectivity index (χ0v) is 32.7. The molecule has 1 aliphatic heterocycles. The van der Waals surface area contributed by atoms with E-state index < -0.39 is 0 Å². The SMILES string of the molecule is CC(C)(C)C1=CC(C(C)(C)C)CC(N2CN(c3cccc(Oc4ccc5c6ccccc6n(-c6cc(C(C)(C)C)ccn6)c5c4)c3)c3ccccc32)=C1. The molecule has 2 aliphatic rings. The Bertz CT molecular complexity index is 2410. The van der Waals surface area contributed by atoms with Crippen LogP contribution in [0.2, 0.25) is 0 Å². The molecule has 1 aliphatic carbocycles. The van der Waals surface area contributed by atoms with Crippen LogP contribution < -0.4 is 14.5 Å². The normalized spacial score (nSPS) is 16.6. The number of rotatable bonds is 5. The lowest BCUT2D eigenvalue weighted by Gasteiger charge is -2.38. The van der Waals surface area contributed by atoms with Gasteiger partial charge in [0.25, 0.3) is 0 Å². The molecule has 3 heterocycles. The molecule has 1 atom stereocenters. The van der Waals surface area contributed by atoms with Crippen molar-refractivity contribution in [2.24, 2.45) is 16.7 Å². The molecule has 2 aromatic heterocycles. The maximum atomic E-state index is 6.69. The lowest BCUT2D eigenvalue weighted by molar-refractivity contribution is 0.282. The smallest absolute Gasteiger partial charge is 0.137 e. The number of pyridine rings is 1. The molecule has 5 nitrogen and oxygen atoms in total. The number of anilines is 3. The first-order chi connectivity index (χ1) is 25.1. The van der Waals surface area contributed by atoms with E-state index in [1.807, 2.05) is 6.20 Å². The number of fused-ring (bicyclic) bond motifs is 4. The highest BCUT2D eigenvalue weighted by Gasteiger charge is 2.35. The van der Waals surface area contributed by atoms with E-state index >= 15 is 0 Å². The Hall–Kier alpha value is -5.29. The Kier molecular flexibility index (Phi) is 8.32. The molecule has 53 heavy (non-hydrogen) atoms. The van der Waals surface area contributed by atoms with E-state index in [1.54, 1.807) is 0 Å². The average Bonchev–Trinajstić information content (AvgIpc) is 3.67. The quantitative estimate of drug-likeness (QED) is 0.179. The zero-order valence-electron chi connectivity index (χ0n) is 32.7. The number of hydrogen-bond acceptors (Lipinski definition) is 4. The highest BCUT2D eigenvalue weighted by atomic mass is 16.5. The van der Waals surface area contributed by atoms with Gasteiger partial charge >= 0.3 is 0 Å². The van der Waals surface area contributed by atoms with Crippen LogP contribution in [0.15, 0.2) is 133 Å². The Morgan fingerprint density at radius 3 is 2.08 bits per heavy atom. The molecule has 0 spiro atoms. The molecule has 4 aromatic carbocycles. The second kappa shape index (κ2) is 12.7. The van der Waals surface area contributed by atoms with Crippen LogP contribution in [0.1, 0.15) is 74.3 Å². The molecule has 0 radical (unpaired) electrons. The lowest BCUT2D eigenvalue weighted by atomic mass is 9.71. The third kappa shape index (κ3) is 6.52. The van der Waals surface area contributed by atoms with E-state index in [-0.39, 0.29) is 16.2 Å². The van der Waals surface area contributed by atoms with Crippen molar-refractivity contribution in [3.8, 4) is 17.3 Å². The maximum Gasteiger partial charge on any atom is 0.137 e. The molecule has 270 valence electrons. The zero-order chi connectivity index (χ0) is 37.3. The van der Waals surface area contributed by atoms with E-state index in [0.29, 0.717) is 5.92 Å². The molecule has 5 heteroatoms. The second-order valence-electron chi connectivity index (χ2n) is 18.0. The van der Waals surface area contributed by atoms with Crippen LogP contribution in [0.4, 0.5) is 17.1 Å². The van der Waals surface area contributed by atoms with Crippen LogP contribution in [-0.2, 0) is 5.41 Å². The predicted octanol–water partition coefficient (Wildman–Crippen LogP) is 13.1. The van der Waals surface area contributed by atoms with E-state index in [2.05, 4.69) is 192 Å². The summed E-state index contributed by atoms with van der Waals surface area (Å²) in [7, 11) is 0. The van der Waals surface area contributed by atoms with Crippen molar-refractivity contribution >= 4 is 38.9 Å². The first-order valence-corrected chi connectivity index (χ1v) is 19.0. The minimum Gasteiger partial charge on any atom is -0.457 e. The summed E-state index contributed by atoms with van der Waals surface area (Å²) in [6, 6.07) is 36.6. The van der Waals surface area contributed by atoms with Gasteiger partial charge in [-0.05, 0) is 100 Å². The van der Waals surface area contributed by atoms with Gasteiger partial charge in [-0.15, -0.1) is 0 Å². The van der Waals surface area contributed by atoms with Crippen LogP contribution >= 0.6 is 0 Å². The maximum absolute atomic E-state index is 6.69. The topological polar surface area (TPSA) is 33.5 Å². The summed E-state index contributed by atoms with van der Waals surface area (Å²) in [5.74, 6) is 2.96. The molecular formula is C48H52N4O. The molecule has 0 fully saturated rings. The Morgan fingerprint density at radius 1 is 0.642 bits per heavy atom. The minimum atomic E-state index is 0.0111. The first kappa shape index (κ1) is 34.8. The van der Waals surface area contributed by atoms with Gasteiger partial charge in [0.15, 0.2) is 0 Å². The van der Waals surface area contributed by atoms with Crippen molar-refractivity contribution in [1.29, 1.82) is 0 Å². The summed E-state index contributed by atoms with van der Waals surface area (Å²) < 4.78 is 8.96. The van der Waals surface area contributed by atoms with Crippen LogP contribution in [0.25, 0.3) is 27.6 Å². The van der Waals surface area contributed by atoms with Gasteiger partial charge in [0.05, 0.1) is 29.1 Å². The predicted molar refractivity (Wildman–Crippen MR) is 223 cm³/mol. The molecule has 8 rings (SSSR count). The fourth-order valence-corrected chi connectivity index (χ4v) is 7.80. The van der Waals surface area contributed by atoms with Crippen LogP contribution in [0, 0.1) is 16.7 Å². The van der Waals surface area contributed by atoms with Gasteiger partial charge in [-0.25, -0.2) is 4.98 Å². The van der Waals surface area contributed by atoms with Gasteiger partial charge in [0.1, 0.15) is 17.3 Å². The third-order valence-electron chi connectivity index (χ3n) is 11.1. The van der Waals surface area contributed by atoms with Crippen molar-refractivity contribution in [2.75, 3.05) is 16.5 Å². The number of para-hydroxylation sites is 3. The van der Waals surface area contributed by atoms with Crippen molar-refractivity contribution in [3.05, 3.63) is 138 Å². The molecule has 0 amide bonds. The van der Waals surface area contributed by atoms with Crippen molar-refractivity contribution in [1.82, 2.24) is 9.55 Å². The summed E-state index contributed by atoms with van der Waals surface area (Å²) in [6.45, 7) is 21.6. The van der Waals surface area contributed by atoms with Gasteiger partial charge < -0.3 is 14.5 Å². The van der Waals surface area contributed by atoms with E-state index in [0.717, 1.165) is 47.1 Å². The average molecular weight is 701 g/mol. The van der Waals surface area contributed by atoms with Crippen LogP contribution in [0.3, 0.4) is 0 Å². The van der Waals surface area contributed by atoms with Crippen molar-refractivity contribution < 1.29 is 4.74 Å². The molecule has 0 saturated heterocycles. The number of nitrogens with zero attached hydrogens (tertiary/aromatic N) is 4. The molecular weight excluding hydrogens is 649 g/mol. The highest BCUT2D eigenvalue weighted by Crippen LogP contribution is 2.48. The van der Waals surface area contributed by atoms with Crippen LogP contribution in [0.5, 0.6) is 11.5 Å². The van der Waals surface area contributed by atoms with Gasteiger partial charge in [-0.3, -0.25) is 4.57 Å². The van der Waals surface area contributed by atoms with Gasteiger partial charge in [0, 0.05) is 40.5 Å². The number of allylic oxidation sites excluding steroid dienone is 4. The Balaban J connectivity index is 1.13. The third-order valence-corrected chi connectivity index (χ3v) is 11.1. The highest BCUT2D eigenvalue weighted by molar-refractivity contribution is 6.09. The first-order valence-electron chi connectivity index (χ1n) is 19.0. The standard InChI is InChI=1S/C48H52N4O/c1-46(2,3)32-23-24-49-45(28-32)52-41-18-11-10-17-39(41)40-22-21-38(30-44(40)52)53-37-16-14-15-35(29-37)50-31-51(43-20-13-12-19-42(43)50)36-26-33(47(4,5)6)25-34(27-36)48(7,8)9/h10-26,28-30,34H,27,31H2,1-9H3. The Labute approximate surface area is 315 Å². The molecule has 1 unspecified atom stereocenters. The van der Waals surface area contributed by atoms with Gasteiger partial charge in [0.2, 0.25) is 0 Å². The van der Waals surface area contributed by atoms with Gasteiger partial charge in [-0.1, -0.05) is 105 Å². The summed E-state index contributed by atoms with van der Waals surface area (Å²) >= 11 is 0. The second-order valence-corrected chi connectivity index (χ2v) is 18.0. The number of hydrogen-bond donors (Lipinski definition) is 0. The summed E-state index contributed by atoms with van der Waals surface area (Å²) in [6.07, 6.45) is 7.92. The van der Waals surface area contributed by atoms with Gasteiger partial charge in [-0.2, -0.15) is 0 Å². The lowest BCUT2D eigenvalue weighted by Crippen LogP contribution is -2.32. The molecule has 0 bridgehead atoms. The largest absolute Gasteiger partial charge is 0.457 e. The van der Waals surface area contributed by atoms with E-state index in [4.69, 9.17) is 9.72 Å². The van der Waals surface area contributed by atoms with E-state index in [1.165, 1.54) is 39.0 Å². The van der Waals surface area contributed by atoms with Crippen molar-refractivity contribution in [2.45, 2.75) is 74.1 Å². The van der Waals surface area contributed by atoms with E-state index in [9.17, 15) is 0 Å². The van der Waals surface area contributed by atoms with Crippen molar-refractivity contribution in [3.63, 3.8) is 0 Å². The fourth-order valence-electron chi connectivity index (χ4n) is 7.80. The summed E-state index contributed by atoms with van der Waals surface area (Å²) in [4.78, 5) is 9.80. The fraction of sp³-hybridized carbons (Fsp3) is 0.312. The summed E-state index contributed by atoms with van der Waals surface area (Å²) in [5, 5.41) is 2.37. The Morgan fingerprint density at radius 2 is 1.34 bits per heavy atom. The van der Waals surface area contributed by atoms with Crippen LogP contribution in [-0.4, -0.2) is 16.2 Å². The number of ether oxygens (including phenoxy) is 1. The number of aromatic nitrogens is 2. The molecule has 6 aromatic rings.